The minimum atomic E-state index is -4.78. The molecule has 0 aromatic rings. The third-order valence-corrected chi connectivity index (χ3v) is 8.28. The van der Waals surface area contributed by atoms with Crippen LogP contribution in [0.5, 0.6) is 0 Å². The number of unbranched alkanes of at least 4 members (excludes halogenated alkanes) is 15. The molecule has 49 heavy (non-hydrogen) atoms. The summed E-state index contributed by atoms with van der Waals surface area (Å²) in [5.41, 5.74) is 0. The molecule has 0 aliphatic rings. The number of hydrogen-bond acceptors (Lipinski definition) is 7. The highest BCUT2D eigenvalue weighted by Crippen LogP contribution is 2.36. The second kappa shape index (κ2) is 34.1. The van der Waals surface area contributed by atoms with Crippen molar-refractivity contribution in [3.05, 3.63) is 48.6 Å². The van der Waals surface area contributed by atoms with Crippen LogP contribution in [0.4, 0.5) is 0 Å². The van der Waals surface area contributed by atoms with E-state index in [9.17, 15) is 18.9 Å². The van der Waals surface area contributed by atoms with Crippen LogP contribution in [0.1, 0.15) is 162 Å². The summed E-state index contributed by atoms with van der Waals surface area (Å²) in [7, 11) is -4.78. The van der Waals surface area contributed by atoms with Crippen LogP contribution in [0.2, 0.25) is 0 Å². The smallest absolute Gasteiger partial charge is 0.462 e. The lowest BCUT2D eigenvalue weighted by atomic mass is 10.1. The molecule has 2 N–H and O–H groups in total. The van der Waals surface area contributed by atoms with Crippen LogP contribution in [0.25, 0.3) is 0 Å². The first kappa shape index (κ1) is 46.7. The monoisotopic (exact) mass is 710 g/mol. The average molecular weight is 711 g/mol. The van der Waals surface area contributed by atoms with E-state index in [-0.39, 0.29) is 25.2 Å². The van der Waals surface area contributed by atoms with E-state index in [2.05, 4.69) is 48.8 Å². The van der Waals surface area contributed by atoms with Gasteiger partial charge in [0.2, 0.25) is 0 Å². The molecule has 0 rings (SSSR count). The van der Waals surface area contributed by atoms with Crippen molar-refractivity contribution in [1.29, 1.82) is 0 Å². The van der Waals surface area contributed by atoms with Gasteiger partial charge in [-0.25, -0.2) is 4.57 Å². The molecule has 0 amide bonds. The highest BCUT2D eigenvalue weighted by Gasteiger charge is 2.22. The molecule has 0 aliphatic heterocycles. The number of phosphoric acid groups is 1. The predicted octanol–water partition coefficient (Wildman–Crippen LogP) is 10.4. The third kappa shape index (κ3) is 36.8. The number of phosphoric ester groups is 1. The molecule has 282 valence electrons. The van der Waals surface area contributed by atoms with Crippen LogP contribution in [0.3, 0.4) is 0 Å². The first-order chi connectivity index (χ1) is 23.7. The number of carbonyl (C=O) groups excluding carboxylic acids is 3. The van der Waals surface area contributed by atoms with Gasteiger partial charge in [-0.1, -0.05) is 121 Å². The second-order valence-corrected chi connectivity index (χ2v) is 13.8. The number of hydrogen-bond donors (Lipinski definition) is 2. The fourth-order valence-electron chi connectivity index (χ4n) is 4.91. The zero-order valence-corrected chi connectivity index (χ0v) is 31.5. The van der Waals surface area contributed by atoms with Gasteiger partial charge in [0.1, 0.15) is 6.61 Å². The molecule has 9 nitrogen and oxygen atoms in total. The van der Waals surface area contributed by atoms with Gasteiger partial charge in [-0.2, -0.15) is 0 Å². The Kier molecular flexibility index (Phi) is 32.5. The Labute approximate surface area is 297 Å². The van der Waals surface area contributed by atoms with Crippen molar-refractivity contribution in [2.24, 2.45) is 0 Å². The second-order valence-electron chi connectivity index (χ2n) is 12.6. The van der Waals surface area contributed by atoms with Crippen molar-refractivity contribution < 1.29 is 42.7 Å². The highest BCUT2D eigenvalue weighted by atomic mass is 31.2. The van der Waals surface area contributed by atoms with E-state index in [4.69, 9.17) is 19.3 Å². The Balaban J connectivity index is 4.08. The summed E-state index contributed by atoms with van der Waals surface area (Å²) < 4.78 is 26.2. The van der Waals surface area contributed by atoms with E-state index in [0.29, 0.717) is 19.3 Å². The van der Waals surface area contributed by atoms with E-state index in [1.165, 1.54) is 25.7 Å². The van der Waals surface area contributed by atoms with E-state index in [0.717, 1.165) is 89.9 Å². The molecule has 0 fully saturated rings. The van der Waals surface area contributed by atoms with Crippen LogP contribution < -0.4 is 0 Å². The minimum absolute atomic E-state index is 0.156. The maximum Gasteiger partial charge on any atom is 0.469 e. The molecule has 0 aromatic carbocycles. The summed E-state index contributed by atoms with van der Waals surface area (Å²) >= 11 is 0. The molecule has 0 unspecified atom stereocenters. The van der Waals surface area contributed by atoms with Crippen molar-refractivity contribution in [1.82, 2.24) is 0 Å². The van der Waals surface area contributed by atoms with Crippen molar-refractivity contribution >= 4 is 25.5 Å². The highest BCUT2D eigenvalue weighted by molar-refractivity contribution is 7.46. The van der Waals surface area contributed by atoms with E-state index in [1.807, 2.05) is 6.08 Å². The Hall–Kier alpha value is -2.32. The summed E-state index contributed by atoms with van der Waals surface area (Å²) in [5.74, 6) is -0.797. The molecule has 0 aliphatic carbocycles. The van der Waals surface area contributed by atoms with Gasteiger partial charge in [0.15, 0.2) is 11.9 Å². The van der Waals surface area contributed by atoms with Crippen LogP contribution in [-0.4, -0.2) is 46.8 Å². The Morgan fingerprint density at radius 3 is 1.71 bits per heavy atom. The van der Waals surface area contributed by atoms with Crippen LogP contribution in [-0.2, 0) is 32.9 Å². The van der Waals surface area contributed by atoms with Crippen LogP contribution in [0.15, 0.2) is 48.6 Å². The van der Waals surface area contributed by atoms with Crippen molar-refractivity contribution in [2.75, 3.05) is 13.2 Å². The molecular formula is C39H67O9P. The SMILES string of the molecule is CCCCC/C=C\C/C=C\CCCCCCCC(=O)OC[C@H](COP(=O)(O)O)OC(=O)CCCCCCC/C=C\C=C\C(=O)CCCCC. The van der Waals surface area contributed by atoms with Gasteiger partial charge >= 0.3 is 19.8 Å². The normalized spacial score (nSPS) is 12.9. The zero-order valence-electron chi connectivity index (χ0n) is 30.6. The van der Waals surface area contributed by atoms with Gasteiger partial charge in [0.05, 0.1) is 6.61 Å². The van der Waals surface area contributed by atoms with Crippen LogP contribution in [0, 0.1) is 0 Å². The summed E-state index contributed by atoms with van der Waals surface area (Å²) in [6.45, 7) is 3.45. The Morgan fingerprint density at radius 1 is 0.592 bits per heavy atom. The number of carbonyl (C=O) groups is 3. The van der Waals surface area contributed by atoms with Gasteiger partial charge in [0.25, 0.3) is 0 Å². The quantitative estimate of drug-likeness (QED) is 0.0167. The minimum Gasteiger partial charge on any atom is -0.462 e. The molecule has 1 atom stereocenters. The molecule has 0 bridgehead atoms. The Bertz CT molecular complexity index is 996. The lowest BCUT2D eigenvalue weighted by Crippen LogP contribution is -2.29. The van der Waals surface area contributed by atoms with Gasteiger partial charge in [-0.15, -0.1) is 0 Å². The number of ether oxygens (including phenoxy) is 2. The molecule has 0 spiro atoms. The molecule has 0 saturated carbocycles. The van der Waals surface area contributed by atoms with Crippen LogP contribution >= 0.6 is 7.82 Å². The standard InChI is InChI=1S/C39H67O9P/c1-3-5-7-8-9-10-11-12-13-14-15-18-21-24-28-32-38(41)46-34-37(35-47-49(43,44)45)48-39(42)33-29-25-22-19-16-17-20-23-27-31-36(40)30-26-6-4-2/h9-10,12-13,20,23,27,31,37H,3-8,11,14-19,21-22,24-26,28-30,32-35H2,1-2H3,(H2,43,44,45)/b10-9-,13-12-,23-20-,31-27+/t37-/m1/s1. The van der Waals surface area contributed by atoms with E-state index < -0.39 is 32.5 Å². The molecular weight excluding hydrogens is 643 g/mol. The molecule has 10 heteroatoms. The van der Waals surface area contributed by atoms with E-state index >= 15 is 0 Å². The fraction of sp³-hybridized carbons (Fsp3) is 0.718. The van der Waals surface area contributed by atoms with Crippen molar-refractivity contribution in [3.63, 3.8) is 0 Å². The summed E-state index contributed by atoms with van der Waals surface area (Å²) in [6.07, 6.45) is 36.6. The third-order valence-electron chi connectivity index (χ3n) is 7.80. The number of esters is 2. The molecule has 0 saturated heterocycles. The number of allylic oxidation sites excluding steroid dienone is 8. The molecule has 0 heterocycles. The first-order valence-corrected chi connectivity index (χ1v) is 20.4. The van der Waals surface area contributed by atoms with Gasteiger partial charge in [0, 0.05) is 19.3 Å². The topological polar surface area (TPSA) is 136 Å². The zero-order chi connectivity index (χ0) is 36.3. The Morgan fingerprint density at radius 2 is 1.10 bits per heavy atom. The van der Waals surface area contributed by atoms with E-state index in [1.54, 1.807) is 12.2 Å². The summed E-state index contributed by atoms with van der Waals surface area (Å²) in [5, 5.41) is 0. The number of rotatable bonds is 34. The lowest BCUT2D eigenvalue weighted by molar-refractivity contribution is -0.161. The maximum atomic E-state index is 12.3. The maximum absolute atomic E-state index is 12.3. The molecule has 0 aromatic heterocycles. The van der Waals surface area contributed by atoms with Gasteiger partial charge < -0.3 is 19.3 Å². The average Bonchev–Trinajstić information content (AvgIpc) is 3.06. The summed E-state index contributed by atoms with van der Waals surface area (Å²) in [6, 6.07) is 0. The van der Waals surface area contributed by atoms with Gasteiger partial charge in [-0.3, -0.25) is 18.9 Å². The molecule has 0 radical (unpaired) electrons. The number of ketones is 1. The summed E-state index contributed by atoms with van der Waals surface area (Å²) in [4.78, 5) is 54.4. The predicted molar refractivity (Wildman–Crippen MR) is 198 cm³/mol. The van der Waals surface area contributed by atoms with Gasteiger partial charge in [-0.05, 0) is 70.3 Å². The fourth-order valence-corrected chi connectivity index (χ4v) is 5.27. The van der Waals surface area contributed by atoms with Crippen molar-refractivity contribution in [2.45, 2.75) is 168 Å². The lowest BCUT2D eigenvalue weighted by Gasteiger charge is -2.18. The largest absolute Gasteiger partial charge is 0.469 e. The van der Waals surface area contributed by atoms with Crippen molar-refractivity contribution in [3.8, 4) is 0 Å². The first-order valence-electron chi connectivity index (χ1n) is 18.9.